The lowest BCUT2D eigenvalue weighted by Crippen LogP contribution is -2.49. The summed E-state index contributed by atoms with van der Waals surface area (Å²) >= 11 is 0. The fraction of sp³-hybridized carbons (Fsp3) is 0.675. The molecule has 10 heteroatoms. The Hall–Kier alpha value is -2.06. The minimum atomic E-state index is -2.53. The maximum absolute atomic E-state index is 11.7. The van der Waals surface area contributed by atoms with E-state index in [4.69, 9.17) is 31.6 Å². The average molecular weight is 737 g/mol. The average Bonchev–Trinajstić information content (AvgIpc) is 3.14. The molecule has 8 nitrogen and oxygen atoms in total. The molecule has 0 amide bonds. The molecule has 0 spiro atoms. The van der Waals surface area contributed by atoms with Crippen molar-refractivity contribution < 1.29 is 36.4 Å². The van der Waals surface area contributed by atoms with E-state index >= 15 is 0 Å². The summed E-state index contributed by atoms with van der Waals surface area (Å²) in [4.78, 5) is 11.7. The number of hydrogen-bond acceptors (Lipinski definition) is 8. The predicted molar refractivity (Wildman–Crippen MR) is 212 cm³/mol. The summed E-state index contributed by atoms with van der Waals surface area (Å²) in [6.45, 7) is 23.5. The molecule has 50 heavy (non-hydrogen) atoms. The molecule has 2 unspecified atom stereocenters. The van der Waals surface area contributed by atoms with Gasteiger partial charge in [0.2, 0.25) is 0 Å². The van der Waals surface area contributed by atoms with Crippen molar-refractivity contribution in [1.29, 1.82) is 0 Å². The van der Waals surface area contributed by atoms with Crippen LogP contribution in [0.1, 0.15) is 124 Å². The van der Waals surface area contributed by atoms with Crippen molar-refractivity contribution in [3.63, 3.8) is 0 Å². The highest BCUT2D eigenvalue weighted by molar-refractivity contribution is 6.79. The number of rotatable bonds is 19. The van der Waals surface area contributed by atoms with E-state index in [0.717, 1.165) is 18.6 Å². The molecule has 0 aliphatic rings. The zero-order valence-corrected chi connectivity index (χ0v) is 36.5. The summed E-state index contributed by atoms with van der Waals surface area (Å²) in [5.41, 5.74) is 2.29. The first-order chi connectivity index (χ1) is 23.4. The molecule has 2 aromatic rings. The number of ether oxygens (including phenoxy) is 2. The number of benzene rings is 2. The Morgan fingerprint density at radius 3 is 1.48 bits per heavy atom. The third-order valence-corrected chi connectivity index (χ3v) is 15.7. The number of esters is 1. The van der Waals surface area contributed by atoms with E-state index in [1.165, 1.54) is 29.2 Å². The highest BCUT2D eigenvalue weighted by Gasteiger charge is 2.37. The zero-order chi connectivity index (χ0) is 38.6. The molecule has 0 saturated carbocycles. The Kier molecular flexibility index (Phi) is 22.5. The van der Waals surface area contributed by atoms with Gasteiger partial charge in [-0.15, -0.1) is 0 Å². The molecular formula is C40H72O8Si2. The van der Waals surface area contributed by atoms with Crippen LogP contribution in [0.5, 0.6) is 5.75 Å². The summed E-state index contributed by atoms with van der Waals surface area (Å²) in [6, 6.07) is 17.8. The van der Waals surface area contributed by atoms with Gasteiger partial charge in [-0.1, -0.05) is 77.9 Å². The van der Waals surface area contributed by atoms with Crippen LogP contribution in [0.4, 0.5) is 0 Å². The normalized spacial score (nSPS) is 13.3. The lowest BCUT2D eigenvalue weighted by atomic mass is 9.91. The second kappa shape index (κ2) is 23.5. The smallest absolute Gasteiger partial charge is 0.488 e. The van der Waals surface area contributed by atoms with Gasteiger partial charge in [-0.05, 0) is 107 Å². The molecule has 0 aliphatic carbocycles. The molecule has 2 rings (SSSR count). The van der Waals surface area contributed by atoms with Crippen molar-refractivity contribution in [2.45, 2.75) is 131 Å². The molecule has 0 bridgehead atoms. The van der Waals surface area contributed by atoms with Gasteiger partial charge in [-0.2, -0.15) is 0 Å². The minimum Gasteiger partial charge on any atom is -0.488 e. The van der Waals surface area contributed by atoms with Gasteiger partial charge in [-0.25, -0.2) is 0 Å². The van der Waals surface area contributed by atoms with Gasteiger partial charge in [-0.3, -0.25) is 4.79 Å². The summed E-state index contributed by atoms with van der Waals surface area (Å²) in [5.74, 6) is 2.06. The molecule has 0 fully saturated rings. The topological polar surface area (TPSA) is 81.7 Å². The maximum Gasteiger partial charge on any atom is 0.500 e. The quantitative estimate of drug-likeness (QED) is 0.0802. The third-order valence-electron chi connectivity index (χ3n) is 9.93. The minimum absolute atomic E-state index is 0.0715. The van der Waals surface area contributed by atoms with Crippen molar-refractivity contribution in [2.24, 2.45) is 5.41 Å². The highest BCUT2D eigenvalue weighted by atomic mass is 28.4. The van der Waals surface area contributed by atoms with E-state index in [1.807, 2.05) is 20.8 Å². The molecule has 2 atom stereocenters. The second-order valence-corrected chi connectivity index (χ2v) is 20.5. The Morgan fingerprint density at radius 1 is 0.680 bits per heavy atom. The summed E-state index contributed by atoms with van der Waals surface area (Å²) in [6.07, 6.45) is 4.80. The number of carbonyl (C=O) groups is 1. The van der Waals surface area contributed by atoms with Crippen molar-refractivity contribution >= 4 is 28.5 Å². The molecule has 0 N–H and O–H groups in total. The van der Waals surface area contributed by atoms with Crippen LogP contribution in [0.3, 0.4) is 0 Å². The predicted octanol–water partition coefficient (Wildman–Crippen LogP) is 9.77. The van der Waals surface area contributed by atoms with Crippen LogP contribution in [0.25, 0.3) is 0 Å². The summed E-state index contributed by atoms with van der Waals surface area (Å²) < 4.78 is 38.1. The van der Waals surface area contributed by atoms with Crippen LogP contribution in [0.2, 0.25) is 12.6 Å². The monoisotopic (exact) mass is 736 g/mol. The van der Waals surface area contributed by atoms with Crippen molar-refractivity contribution in [2.75, 3.05) is 42.2 Å². The van der Waals surface area contributed by atoms with Gasteiger partial charge >= 0.3 is 23.3 Å². The first-order valence-corrected chi connectivity index (χ1v) is 22.5. The van der Waals surface area contributed by atoms with Gasteiger partial charge in [0.1, 0.15) is 11.4 Å². The fourth-order valence-electron chi connectivity index (χ4n) is 4.51. The maximum atomic E-state index is 11.7. The van der Waals surface area contributed by atoms with Crippen molar-refractivity contribution in [3.8, 4) is 5.75 Å². The SMILES string of the molecule is CCC(C)(C)C(=O)OCCC[Si](OC)(OC)OC.CCC(C)c1ccc(OC(C)(C)CC)cc1.CCC(C)c1ccc([Si](C)(OC)OC)cc1. The first-order valence-electron chi connectivity index (χ1n) is 18.2. The van der Waals surface area contributed by atoms with Crippen LogP contribution in [-0.2, 0) is 31.7 Å². The molecule has 2 aromatic carbocycles. The Balaban J connectivity index is 0.000000721. The Morgan fingerprint density at radius 2 is 1.12 bits per heavy atom. The van der Waals surface area contributed by atoms with E-state index < -0.39 is 22.8 Å². The van der Waals surface area contributed by atoms with E-state index in [2.05, 4.69) is 104 Å². The van der Waals surface area contributed by atoms with Crippen LogP contribution in [0.15, 0.2) is 48.5 Å². The van der Waals surface area contributed by atoms with Crippen molar-refractivity contribution in [3.05, 3.63) is 59.7 Å². The van der Waals surface area contributed by atoms with Crippen LogP contribution in [0, 0.1) is 5.41 Å². The number of hydrogen-bond donors (Lipinski definition) is 0. The first kappa shape index (κ1) is 47.9. The molecule has 0 saturated heterocycles. The standard InChI is InChI=1S/C15H24O.C13H22O2Si.C12H26O5Si/c1-6-12(3)13-8-10-14(11-9-13)16-15(4,5)7-2;1-6-11(2)12-7-9-13(10-8-12)16(5,14-3)15-4;1-7-12(2,3)11(13)17-9-8-10-18(14-4,15-5)16-6/h8-12H,6-7H2,1-5H3;7-11H,6H2,1-5H3;7-10H2,1-6H3. The Bertz CT molecular complexity index is 1170. The summed E-state index contributed by atoms with van der Waals surface area (Å²) in [7, 11) is 3.49. The zero-order valence-electron chi connectivity index (χ0n) is 34.5. The highest BCUT2D eigenvalue weighted by Crippen LogP contribution is 2.25. The molecule has 0 radical (unpaired) electrons. The Labute approximate surface area is 308 Å². The lowest BCUT2D eigenvalue weighted by Gasteiger charge is -2.25. The van der Waals surface area contributed by atoms with Crippen LogP contribution >= 0.6 is 0 Å². The molecule has 288 valence electrons. The van der Waals surface area contributed by atoms with Crippen LogP contribution in [-0.4, -0.2) is 71.1 Å². The van der Waals surface area contributed by atoms with E-state index in [9.17, 15) is 4.79 Å². The van der Waals surface area contributed by atoms with E-state index in [0.29, 0.717) is 30.9 Å². The van der Waals surface area contributed by atoms with Crippen molar-refractivity contribution in [1.82, 2.24) is 0 Å². The van der Waals surface area contributed by atoms with Gasteiger partial charge in [0.05, 0.1) is 12.0 Å². The van der Waals surface area contributed by atoms with Gasteiger partial charge in [0, 0.05) is 41.6 Å². The summed E-state index contributed by atoms with van der Waals surface area (Å²) in [5, 5.41) is 1.18. The van der Waals surface area contributed by atoms with Crippen LogP contribution < -0.4 is 9.92 Å². The lowest BCUT2D eigenvalue weighted by molar-refractivity contribution is -0.154. The van der Waals surface area contributed by atoms with Gasteiger partial charge in [0.15, 0.2) is 0 Å². The molecule has 0 aliphatic heterocycles. The van der Waals surface area contributed by atoms with E-state index in [-0.39, 0.29) is 11.6 Å². The molecular weight excluding hydrogens is 665 g/mol. The van der Waals surface area contributed by atoms with Gasteiger partial charge < -0.3 is 31.6 Å². The molecule has 0 aromatic heterocycles. The largest absolute Gasteiger partial charge is 0.500 e. The second-order valence-electron chi connectivity index (χ2n) is 14.2. The van der Waals surface area contributed by atoms with Gasteiger partial charge in [0.25, 0.3) is 0 Å². The molecule has 0 heterocycles. The number of carbonyl (C=O) groups excluding carboxylic acids is 1. The third kappa shape index (κ3) is 16.1. The fourth-order valence-corrected chi connectivity index (χ4v) is 7.61. The van der Waals surface area contributed by atoms with E-state index in [1.54, 1.807) is 35.5 Å².